The zero-order valence-electron chi connectivity index (χ0n) is 6.05. The normalized spacial score (nSPS) is 32.7. The van der Waals surface area contributed by atoms with E-state index in [0.717, 1.165) is 0 Å². The van der Waals surface area contributed by atoms with Crippen molar-refractivity contribution in [2.24, 2.45) is 11.3 Å². The number of carboxylic acid groups (broad SMARTS) is 2. The topological polar surface area (TPSA) is 80.3 Å². The number of carbonyl (C=O) groups excluding carboxylic acids is 2. The maximum absolute atomic E-state index is 12.0. The molecule has 0 saturated heterocycles. The minimum Gasteiger partial charge on any atom is -0.550 e. The van der Waals surface area contributed by atoms with Crippen LogP contribution in [0.4, 0.5) is 13.2 Å². The van der Waals surface area contributed by atoms with Crippen LogP contribution in [0.3, 0.4) is 0 Å². The molecular formula is C6H3F3O4-2. The molecule has 2 atom stereocenters. The van der Waals surface area contributed by atoms with E-state index in [1.54, 1.807) is 0 Å². The Morgan fingerprint density at radius 2 is 1.77 bits per heavy atom. The van der Waals surface area contributed by atoms with Gasteiger partial charge in [-0.2, -0.15) is 13.2 Å². The largest absolute Gasteiger partial charge is 0.550 e. The van der Waals surface area contributed by atoms with Gasteiger partial charge in [-0.1, -0.05) is 0 Å². The summed E-state index contributed by atoms with van der Waals surface area (Å²) in [5.41, 5.74) is -3.23. The number of hydrogen-bond donors (Lipinski definition) is 0. The van der Waals surface area contributed by atoms with Crippen LogP contribution < -0.4 is 10.2 Å². The van der Waals surface area contributed by atoms with Crippen LogP contribution in [0.25, 0.3) is 0 Å². The highest BCUT2D eigenvalue weighted by Crippen LogP contribution is 2.61. The number of alkyl halides is 3. The summed E-state index contributed by atoms with van der Waals surface area (Å²) in [4.78, 5) is 20.1. The lowest BCUT2D eigenvalue weighted by Gasteiger charge is -2.22. The average molecular weight is 196 g/mol. The summed E-state index contributed by atoms with van der Waals surface area (Å²) in [6, 6.07) is 0. The number of rotatable bonds is 2. The first-order valence-electron chi connectivity index (χ1n) is 3.22. The minimum absolute atomic E-state index is 0.999. The van der Waals surface area contributed by atoms with Gasteiger partial charge in [-0.15, -0.1) is 0 Å². The molecule has 0 N–H and O–H groups in total. The Hall–Kier alpha value is -1.27. The van der Waals surface area contributed by atoms with Crippen LogP contribution in [0, 0.1) is 11.3 Å². The first-order chi connectivity index (χ1) is 5.73. The van der Waals surface area contributed by atoms with Crippen molar-refractivity contribution in [2.45, 2.75) is 12.6 Å². The number of aliphatic carboxylic acids is 2. The molecule has 1 rings (SSSR count). The van der Waals surface area contributed by atoms with Crippen molar-refractivity contribution in [3.8, 4) is 0 Å². The summed E-state index contributed by atoms with van der Waals surface area (Å²) >= 11 is 0. The smallest absolute Gasteiger partial charge is 0.400 e. The van der Waals surface area contributed by atoms with Gasteiger partial charge in [0.1, 0.15) is 5.41 Å². The Kier molecular flexibility index (Phi) is 1.78. The van der Waals surface area contributed by atoms with E-state index >= 15 is 0 Å². The average Bonchev–Trinajstić information content (AvgIpc) is 2.57. The Balaban J connectivity index is 2.97. The molecule has 0 unspecified atom stereocenters. The van der Waals surface area contributed by atoms with Crippen molar-refractivity contribution in [1.82, 2.24) is 0 Å². The van der Waals surface area contributed by atoms with Crippen LogP contribution in [0.2, 0.25) is 0 Å². The molecule has 0 aromatic carbocycles. The molecule has 0 radical (unpaired) electrons. The molecule has 0 heterocycles. The molecule has 0 spiro atoms. The second-order valence-electron chi connectivity index (χ2n) is 2.83. The molecule has 0 aliphatic heterocycles. The van der Waals surface area contributed by atoms with Gasteiger partial charge in [0, 0.05) is 11.9 Å². The van der Waals surface area contributed by atoms with E-state index in [1.165, 1.54) is 0 Å². The molecule has 0 bridgehead atoms. The lowest BCUT2D eigenvalue weighted by Crippen LogP contribution is -2.46. The number of carboxylic acids is 2. The van der Waals surface area contributed by atoms with Gasteiger partial charge in [0.05, 0.1) is 5.97 Å². The highest BCUT2D eigenvalue weighted by atomic mass is 19.4. The Morgan fingerprint density at radius 3 is 1.85 bits per heavy atom. The monoisotopic (exact) mass is 196 g/mol. The van der Waals surface area contributed by atoms with Crippen molar-refractivity contribution in [1.29, 1.82) is 0 Å². The Bertz CT molecular complexity index is 272. The fraction of sp³-hybridized carbons (Fsp3) is 0.667. The lowest BCUT2D eigenvalue weighted by atomic mass is 10.0. The summed E-state index contributed by atoms with van der Waals surface area (Å²) < 4.78 is 36.1. The minimum atomic E-state index is -5.10. The van der Waals surface area contributed by atoms with Crippen molar-refractivity contribution < 1.29 is 33.0 Å². The molecule has 7 heteroatoms. The third kappa shape index (κ3) is 1.14. The number of hydrogen-bond acceptors (Lipinski definition) is 4. The van der Waals surface area contributed by atoms with Gasteiger partial charge in [-0.05, 0) is 6.42 Å². The third-order valence-corrected chi connectivity index (χ3v) is 2.12. The van der Waals surface area contributed by atoms with Crippen LogP contribution >= 0.6 is 0 Å². The van der Waals surface area contributed by atoms with E-state index in [1.807, 2.05) is 0 Å². The van der Waals surface area contributed by atoms with Crippen LogP contribution in [0.15, 0.2) is 0 Å². The molecule has 74 valence electrons. The van der Waals surface area contributed by atoms with E-state index in [-0.39, 0.29) is 0 Å². The fourth-order valence-corrected chi connectivity index (χ4v) is 1.20. The molecule has 0 aromatic heterocycles. The third-order valence-electron chi connectivity index (χ3n) is 2.12. The predicted molar refractivity (Wildman–Crippen MR) is 26.6 cm³/mol. The zero-order valence-corrected chi connectivity index (χ0v) is 6.05. The van der Waals surface area contributed by atoms with Crippen LogP contribution in [-0.4, -0.2) is 18.1 Å². The van der Waals surface area contributed by atoms with Gasteiger partial charge in [-0.25, -0.2) is 0 Å². The molecule has 1 aliphatic carbocycles. The standard InChI is InChI=1S/C6H5F3O4/c7-6(8,9)5(4(12)13)1-2(5)3(10)11/h2H,1H2,(H,10,11)(H,12,13)/p-2/t2-,5+/m1/s1. The van der Waals surface area contributed by atoms with Crippen molar-refractivity contribution in [3.05, 3.63) is 0 Å². The van der Waals surface area contributed by atoms with Gasteiger partial charge in [-0.3, -0.25) is 0 Å². The molecular weight excluding hydrogens is 193 g/mol. The van der Waals surface area contributed by atoms with Gasteiger partial charge in [0.15, 0.2) is 0 Å². The molecule has 1 fully saturated rings. The zero-order chi connectivity index (χ0) is 10.4. The van der Waals surface area contributed by atoms with E-state index < -0.39 is 35.9 Å². The Morgan fingerprint density at radius 1 is 1.31 bits per heavy atom. The molecule has 0 amide bonds. The van der Waals surface area contributed by atoms with Gasteiger partial charge in [0.25, 0.3) is 0 Å². The van der Waals surface area contributed by atoms with Gasteiger partial charge in [0.2, 0.25) is 0 Å². The molecule has 13 heavy (non-hydrogen) atoms. The van der Waals surface area contributed by atoms with E-state index in [0.29, 0.717) is 0 Å². The van der Waals surface area contributed by atoms with Crippen LogP contribution in [0.1, 0.15) is 6.42 Å². The highest BCUT2D eigenvalue weighted by Gasteiger charge is 2.72. The van der Waals surface area contributed by atoms with Crippen molar-refractivity contribution in [3.63, 3.8) is 0 Å². The lowest BCUT2D eigenvalue weighted by molar-refractivity contribution is -0.338. The second-order valence-corrected chi connectivity index (χ2v) is 2.83. The number of halogens is 3. The first kappa shape index (κ1) is 9.82. The van der Waals surface area contributed by atoms with Crippen molar-refractivity contribution >= 4 is 11.9 Å². The summed E-state index contributed by atoms with van der Waals surface area (Å²) in [6.45, 7) is 0. The fourth-order valence-electron chi connectivity index (χ4n) is 1.20. The van der Waals surface area contributed by atoms with E-state index in [4.69, 9.17) is 0 Å². The van der Waals surface area contributed by atoms with Gasteiger partial charge >= 0.3 is 6.18 Å². The summed E-state index contributed by atoms with van der Waals surface area (Å²) in [5, 5.41) is 20.1. The Labute approximate surface area is 70.0 Å². The van der Waals surface area contributed by atoms with Crippen molar-refractivity contribution in [2.75, 3.05) is 0 Å². The van der Waals surface area contributed by atoms with E-state index in [9.17, 15) is 33.0 Å². The maximum Gasteiger partial charge on any atom is 0.400 e. The quantitative estimate of drug-likeness (QED) is 0.514. The second kappa shape index (κ2) is 2.36. The number of carbonyl (C=O) groups is 2. The van der Waals surface area contributed by atoms with Crippen LogP contribution in [0.5, 0.6) is 0 Å². The summed E-state index contributed by atoms with van der Waals surface area (Å²) in [6.07, 6.45) is -6.10. The predicted octanol–water partition coefficient (Wildman–Crippen LogP) is -1.95. The maximum atomic E-state index is 12.0. The summed E-state index contributed by atoms with van der Waals surface area (Å²) in [5.74, 6) is -6.44. The highest BCUT2D eigenvalue weighted by molar-refractivity contribution is 5.88. The molecule has 1 saturated carbocycles. The molecule has 4 nitrogen and oxygen atoms in total. The van der Waals surface area contributed by atoms with Crippen LogP contribution in [-0.2, 0) is 9.59 Å². The van der Waals surface area contributed by atoms with Gasteiger partial charge < -0.3 is 19.8 Å². The SMILES string of the molecule is O=C([O-])[C@H]1C[C@]1(C(=O)[O-])C(F)(F)F. The molecule has 0 aromatic rings. The van der Waals surface area contributed by atoms with E-state index in [2.05, 4.69) is 0 Å². The molecule has 1 aliphatic rings. The summed E-state index contributed by atoms with van der Waals surface area (Å²) in [7, 11) is 0. The first-order valence-corrected chi connectivity index (χ1v) is 3.22.